The first kappa shape index (κ1) is 13.3. The molecule has 3 atom stereocenters. The fourth-order valence-electron chi connectivity index (χ4n) is 2.92. The molecule has 3 nitrogen and oxygen atoms in total. The maximum Gasteiger partial charge on any atom is 0.0598 e. The van der Waals surface area contributed by atoms with Crippen LogP contribution < -0.4 is 5.32 Å². The van der Waals surface area contributed by atoms with Gasteiger partial charge >= 0.3 is 0 Å². The van der Waals surface area contributed by atoms with Crippen LogP contribution in [0.15, 0.2) is 0 Å². The van der Waals surface area contributed by atoms with Gasteiger partial charge in [-0.25, -0.2) is 0 Å². The van der Waals surface area contributed by atoms with Crippen LogP contribution in [0.2, 0.25) is 0 Å². The molecule has 1 saturated heterocycles. The second-order valence-corrected chi connectivity index (χ2v) is 5.85. The van der Waals surface area contributed by atoms with E-state index in [0.717, 1.165) is 18.5 Å². The zero-order valence-electron chi connectivity index (χ0n) is 11.6. The lowest BCUT2D eigenvalue weighted by atomic mass is 10.0. The topological polar surface area (TPSA) is 24.5 Å². The van der Waals surface area contributed by atoms with Gasteiger partial charge in [0.15, 0.2) is 0 Å². The lowest BCUT2D eigenvalue weighted by Gasteiger charge is -2.37. The van der Waals surface area contributed by atoms with Gasteiger partial charge in [-0.15, -0.1) is 0 Å². The van der Waals surface area contributed by atoms with Crippen LogP contribution >= 0.6 is 0 Å². The van der Waals surface area contributed by atoms with Crippen LogP contribution in [0.3, 0.4) is 0 Å². The molecule has 2 fully saturated rings. The Balaban J connectivity index is 1.61. The molecule has 100 valence electrons. The van der Waals surface area contributed by atoms with E-state index in [1.165, 1.54) is 38.8 Å². The Bertz CT molecular complexity index is 230. The van der Waals surface area contributed by atoms with E-state index in [-0.39, 0.29) is 0 Å². The molecule has 3 unspecified atom stereocenters. The average molecular weight is 240 g/mol. The van der Waals surface area contributed by atoms with Crippen molar-refractivity contribution in [3.05, 3.63) is 0 Å². The first-order chi connectivity index (χ1) is 8.20. The molecule has 1 saturated carbocycles. The Morgan fingerprint density at radius 2 is 2.12 bits per heavy atom. The van der Waals surface area contributed by atoms with E-state index < -0.39 is 0 Å². The van der Waals surface area contributed by atoms with Crippen LogP contribution in [-0.2, 0) is 4.74 Å². The molecule has 2 rings (SSSR count). The molecule has 0 spiro atoms. The molecule has 1 heterocycles. The minimum atomic E-state index is 0.486. The molecular formula is C14H28N2O. The Hall–Kier alpha value is -0.120. The number of hydrogen-bond acceptors (Lipinski definition) is 3. The first-order valence-electron chi connectivity index (χ1n) is 7.21. The average Bonchev–Trinajstić information content (AvgIpc) is 3.15. The van der Waals surface area contributed by atoms with E-state index in [1.807, 2.05) is 7.11 Å². The zero-order valence-corrected chi connectivity index (χ0v) is 11.6. The quantitative estimate of drug-likeness (QED) is 0.767. The smallest absolute Gasteiger partial charge is 0.0598 e. The van der Waals surface area contributed by atoms with E-state index in [4.69, 9.17) is 4.74 Å². The highest BCUT2D eigenvalue weighted by molar-refractivity contribution is 4.84. The summed E-state index contributed by atoms with van der Waals surface area (Å²) in [7, 11) is 1.84. The third-order valence-electron chi connectivity index (χ3n) is 4.49. The van der Waals surface area contributed by atoms with Gasteiger partial charge in [0.25, 0.3) is 0 Å². The van der Waals surface area contributed by atoms with Crippen molar-refractivity contribution in [2.45, 2.75) is 57.7 Å². The number of nitrogens with zero attached hydrogens (tertiary/aromatic N) is 1. The fraction of sp³-hybridized carbons (Fsp3) is 1.00. The van der Waals surface area contributed by atoms with Gasteiger partial charge in [0.2, 0.25) is 0 Å². The second-order valence-electron chi connectivity index (χ2n) is 5.85. The van der Waals surface area contributed by atoms with Gasteiger partial charge in [-0.3, -0.25) is 4.90 Å². The maximum absolute atomic E-state index is 5.45. The standard InChI is InChI=1S/C14H28N2O/c1-11-10-14(17-3)6-8-16(11)9-7-15-12(2)13-4-5-13/h11-15H,4-10H2,1-3H3. The molecule has 3 heteroatoms. The molecule has 2 aliphatic rings. The largest absolute Gasteiger partial charge is 0.381 e. The van der Waals surface area contributed by atoms with Crippen molar-refractivity contribution < 1.29 is 4.74 Å². The third kappa shape index (κ3) is 3.94. The predicted molar refractivity (Wildman–Crippen MR) is 71.3 cm³/mol. The first-order valence-corrected chi connectivity index (χ1v) is 7.21. The SMILES string of the molecule is COC1CCN(CCNC(C)C2CC2)C(C)C1. The van der Waals surface area contributed by atoms with E-state index in [9.17, 15) is 0 Å². The summed E-state index contributed by atoms with van der Waals surface area (Å²) < 4.78 is 5.45. The van der Waals surface area contributed by atoms with Gasteiger partial charge < -0.3 is 10.1 Å². The predicted octanol–water partition coefficient (Wildman–Crippen LogP) is 1.87. The molecule has 1 aliphatic carbocycles. The van der Waals surface area contributed by atoms with Crippen molar-refractivity contribution >= 4 is 0 Å². The number of rotatable bonds is 6. The van der Waals surface area contributed by atoms with Gasteiger partial charge in [0.05, 0.1) is 6.10 Å². The van der Waals surface area contributed by atoms with E-state index in [2.05, 4.69) is 24.1 Å². The van der Waals surface area contributed by atoms with Crippen LogP contribution in [0.25, 0.3) is 0 Å². The third-order valence-corrected chi connectivity index (χ3v) is 4.49. The van der Waals surface area contributed by atoms with Crippen molar-refractivity contribution in [1.82, 2.24) is 10.2 Å². The molecular weight excluding hydrogens is 212 g/mol. The number of ether oxygens (including phenoxy) is 1. The highest BCUT2D eigenvalue weighted by Gasteiger charge is 2.28. The summed E-state index contributed by atoms with van der Waals surface area (Å²) in [6, 6.07) is 1.40. The minimum absolute atomic E-state index is 0.486. The van der Waals surface area contributed by atoms with Crippen LogP contribution in [0, 0.1) is 5.92 Å². The monoisotopic (exact) mass is 240 g/mol. The van der Waals surface area contributed by atoms with E-state index >= 15 is 0 Å². The molecule has 0 aromatic heterocycles. The normalized spacial score (nSPS) is 32.6. The Morgan fingerprint density at radius 3 is 2.71 bits per heavy atom. The van der Waals surface area contributed by atoms with E-state index in [1.54, 1.807) is 0 Å². The van der Waals surface area contributed by atoms with Crippen LogP contribution in [0.1, 0.15) is 39.5 Å². The second kappa shape index (κ2) is 6.17. The van der Waals surface area contributed by atoms with Crippen molar-refractivity contribution in [3.8, 4) is 0 Å². The van der Waals surface area contributed by atoms with Crippen molar-refractivity contribution in [1.29, 1.82) is 0 Å². The Labute approximate surface area is 106 Å². The molecule has 0 amide bonds. The lowest BCUT2D eigenvalue weighted by molar-refractivity contribution is 0.0163. The molecule has 0 aromatic carbocycles. The van der Waals surface area contributed by atoms with Crippen LogP contribution in [-0.4, -0.2) is 49.8 Å². The van der Waals surface area contributed by atoms with Crippen molar-refractivity contribution in [2.75, 3.05) is 26.7 Å². The summed E-state index contributed by atoms with van der Waals surface area (Å²) in [5.74, 6) is 0.964. The van der Waals surface area contributed by atoms with Crippen molar-refractivity contribution in [3.63, 3.8) is 0 Å². The van der Waals surface area contributed by atoms with Crippen molar-refractivity contribution in [2.24, 2.45) is 5.92 Å². The number of piperidine rings is 1. The fourth-order valence-corrected chi connectivity index (χ4v) is 2.92. The van der Waals surface area contributed by atoms with Gasteiger partial charge in [-0.1, -0.05) is 0 Å². The molecule has 1 aliphatic heterocycles. The Kier molecular flexibility index (Phi) is 4.83. The summed E-state index contributed by atoms with van der Waals surface area (Å²) >= 11 is 0. The lowest BCUT2D eigenvalue weighted by Crippen LogP contribution is -2.46. The van der Waals surface area contributed by atoms with Crippen LogP contribution in [0.5, 0.6) is 0 Å². The summed E-state index contributed by atoms with van der Waals surface area (Å²) in [4.78, 5) is 2.60. The number of hydrogen-bond donors (Lipinski definition) is 1. The highest BCUT2D eigenvalue weighted by Crippen LogP contribution is 2.32. The minimum Gasteiger partial charge on any atom is -0.381 e. The maximum atomic E-state index is 5.45. The molecule has 0 aromatic rings. The van der Waals surface area contributed by atoms with Crippen LogP contribution in [0.4, 0.5) is 0 Å². The van der Waals surface area contributed by atoms with Gasteiger partial charge in [-0.05, 0) is 45.4 Å². The summed E-state index contributed by atoms with van der Waals surface area (Å²) in [6.45, 7) is 8.18. The molecule has 17 heavy (non-hydrogen) atoms. The zero-order chi connectivity index (χ0) is 12.3. The van der Waals surface area contributed by atoms with Gasteiger partial charge in [0, 0.05) is 38.8 Å². The van der Waals surface area contributed by atoms with Gasteiger partial charge in [0.1, 0.15) is 0 Å². The molecule has 0 radical (unpaired) electrons. The van der Waals surface area contributed by atoms with E-state index in [0.29, 0.717) is 12.1 Å². The number of methoxy groups -OCH3 is 1. The molecule has 0 bridgehead atoms. The highest BCUT2D eigenvalue weighted by atomic mass is 16.5. The summed E-state index contributed by atoms with van der Waals surface area (Å²) in [6.07, 6.45) is 5.74. The molecule has 1 N–H and O–H groups in total. The Morgan fingerprint density at radius 1 is 1.35 bits per heavy atom. The summed E-state index contributed by atoms with van der Waals surface area (Å²) in [5.41, 5.74) is 0. The number of likely N-dealkylation sites (tertiary alicyclic amines) is 1. The number of nitrogens with one attached hydrogen (secondary N) is 1. The van der Waals surface area contributed by atoms with Gasteiger partial charge in [-0.2, -0.15) is 0 Å². The summed E-state index contributed by atoms with van der Waals surface area (Å²) in [5, 5.41) is 3.66.